The summed E-state index contributed by atoms with van der Waals surface area (Å²) >= 11 is 0. The molecule has 1 saturated heterocycles. The smallest absolute Gasteiger partial charge is 0.220 e. The lowest BCUT2D eigenvalue weighted by molar-refractivity contribution is -0.122. The van der Waals surface area contributed by atoms with Gasteiger partial charge in [0, 0.05) is 13.0 Å². The van der Waals surface area contributed by atoms with Crippen LogP contribution in [0.2, 0.25) is 0 Å². The Kier molecular flexibility index (Phi) is 7.16. The van der Waals surface area contributed by atoms with Crippen LogP contribution in [0.15, 0.2) is 0 Å². The summed E-state index contributed by atoms with van der Waals surface area (Å²) < 4.78 is 0. The maximum absolute atomic E-state index is 11.9. The number of amides is 1. The van der Waals surface area contributed by atoms with E-state index in [-0.39, 0.29) is 18.3 Å². The van der Waals surface area contributed by atoms with Crippen LogP contribution in [-0.4, -0.2) is 25.5 Å². The van der Waals surface area contributed by atoms with E-state index >= 15 is 0 Å². The van der Waals surface area contributed by atoms with Crippen molar-refractivity contribution in [2.75, 3.05) is 19.6 Å². The number of hydrogen-bond donors (Lipinski definition) is 2. The number of nitrogens with one attached hydrogen (secondary N) is 2. The van der Waals surface area contributed by atoms with E-state index in [1.54, 1.807) is 0 Å². The van der Waals surface area contributed by atoms with Gasteiger partial charge in [0.15, 0.2) is 0 Å². The van der Waals surface area contributed by atoms with Gasteiger partial charge in [0.05, 0.1) is 0 Å². The Morgan fingerprint density at radius 3 is 2.74 bits per heavy atom. The Bertz CT molecular complexity index is 273. The summed E-state index contributed by atoms with van der Waals surface area (Å²) in [5, 5.41) is 6.53. The molecular weight excluding hydrogens is 260 g/mol. The predicted molar refractivity (Wildman–Crippen MR) is 81.7 cm³/mol. The van der Waals surface area contributed by atoms with Crippen molar-refractivity contribution in [3.63, 3.8) is 0 Å². The van der Waals surface area contributed by atoms with Crippen LogP contribution in [0.4, 0.5) is 0 Å². The molecule has 0 bridgehead atoms. The van der Waals surface area contributed by atoms with Crippen LogP contribution in [0.1, 0.15) is 58.3 Å². The molecule has 3 nitrogen and oxygen atoms in total. The zero-order chi connectivity index (χ0) is 12.8. The average Bonchev–Trinajstić information content (AvgIpc) is 2.82. The molecule has 1 atom stereocenters. The first kappa shape index (κ1) is 16.8. The third kappa shape index (κ3) is 4.96. The molecule has 0 radical (unpaired) electrons. The fourth-order valence-corrected chi connectivity index (χ4v) is 3.39. The summed E-state index contributed by atoms with van der Waals surface area (Å²) in [6.07, 6.45) is 9.51. The van der Waals surface area contributed by atoms with E-state index in [4.69, 9.17) is 0 Å². The molecule has 0 spiro atoms. The number of rotatable bonds is 7. The Morgan fingerprint density at radius 1 is 1.42 bits per heavy atom. The van der Waals surface area contributed by atoms with E-state index in [0.717, 1.165) is 32.0 Å². The molecule has 1 saturated carbocycles. The van der Waals surface area contributed by atoms with Gasteiger partial charge in [0.2, 0.25) is 5.91 Å². The summed E-state index contributed by atoms with van der Waals surface area (Å²) in [6, 6.07) is 0. The van der Waals surface area contributed by atoms with Gasteiger partial charge in [-0.1, -0.05) is 19.8 Å². The second-order valence-corrected chi connectivity index (χ2v) is 6.28. The average molecular weight is 289 g/mol. The van der Waals surface area contributed by atoms with E-state index in [9.17, 15) is 4.79 Å². The van der Waals surface area contributed by atoms with E-state index < -0.39 is 0 Å². The molecule has 1 heterocycles. The van der Waals surface area contributed by atoms with Gasteiger partial charge in [0.25, 0.3) is 0 Å². The molecule has 19 heavy (non-hydrogen) atoms. The van der Waals surface area contributed by atoms with Crippen molar-refractivity contribution in [3.8, 4) is 0 Å². The molecule has 2 rings (SSSR count). The predicted octanol–water partition coefficient (Wildman–Crippen LogP) is 2.88. The van der Waals surface area contributed by atoms with Gasteiger partial charge in [0.1, 0.15) is 0 Å². The maximum Gasteiger partial charge on any atom is 0.220 e. The highest BCUT2D eigenvalue weighted by molar-refractivity contribution is 5.85. The van der Waals surface area contributed by atoms with Crippen LogP contribution in [0, 0.1) is 11.3 Å². The molecule has 0 aromatic carbocycles. The minimum atomic E-state index is 0. The summed E-state index contributed by atoms with van der Waals surface area (Å²) in [5.41, 5.74) is 0.458. The van der Waals surface area contributed by atoms with Gasteiger partial charge >= 0.3 is 0 Å². The fraction of sp³-hybridized carbons (Fsp3) is 0.933. The third-order valence-electron chi connectivity index (χ3n) is 4.80. The van der Waals surface area contributed by atoms with Crippen molar-refractivity contribution in [3.05, 3.63) is 0 Å². The topological polar surface area (TPSA) is 41.1 Å². The summed E-state index contributed by atoms with van der Waals surface area (Å²) in [6.45, 7) is 5.40. The van der Waals surface area contributed by atoms with Crippen molar-refractivity contribution in [2.45, 2.75) is 58.3 Å². The molecule has 1 amide bonds. The monoisotopic (exact) mass is 288 g/mol. The lowest BCUT2D eigenvalue weighted by Gasteiger charge is -2.42. The molecule has 2 aliphatic rings. The second-order valence-electron chi connectivity index (χ2n) is 6.28. The van der Waals surface area contributed by atoms with Gasteiger partial charge in [-0.05, 0) is 56.5 Å². The molecule has 1 unspecified atom stereocenters. The standard InChI is InChI=1S/C15H28N2O.ClH/c1-2-7-15(8-3-9-15)12-17-14(18)5-4-13-6-10-16-11-13;/h13,16H,2-12H2,1H3,(H,17,18);1H. The van der Waals surface area contributed by atoms with Gasteiger partial charge in [-0.15, -0.1) is 12.4 Å². The van der Waals surface area contributed by atoms with Gasteiger partial charge in [-0.25, -0.2) is 0 Å². The Hall–Kier alpha value is -0.280. The van der Waals surface area contributed by atoms with Crippen molar-refractivity contribution >= 4 is 18.3 Å². The largest absolute Gasteiger partial charge is 0.356 e. The highest BCUT2D eigenvalue weighted by Crippen LogP contribution is 2.44. The van der Waals surface area contributed by atoms with Crippen molar-refractivity contribution in [2.24, 2.45) is 11.3 Å². The number of halogens is 1. The first-order valence-corrected chi connectivity index (χ1v) is 7.71. The normalized spacial score (nSPS) is 24.4. The molecule has 112 valence electrons. The van der Waals surface area contributed by atoms with Crippen LogP contribution in [0.3, 0.4) is 0 Å². The first-order valence-electron chi connectivity index (χ1n) is 7.71. The third-order valence-corrected chi connectivity index (χ3v) is 4.80. The number of carbonyl (C=O) groups excluding carboxylic acids is 1. The van der Waals surface area contributed by atoms with E-state index in [1.165, 1.54) is 38.5 Å². The molecule has 1 aliphatic carbocycles. The molecule has 0 aromatic heterocycles. The lowest BCUT2D eigenvalue weighted by atomic mass is 9.66. The molecule has 0 aromatic rings. The van der Waals surface area contributed by atoms with Crippen LogP contribution >= 0.6 is 12.4 Å². The van der Waals surface area contributed by atoms with Crippen LogP contribution < -0.4 is 10.6 Å². The Labute approximate surface area is 123 Å². The zero-order valence-electron chi connectivity index (χ0n) is 12.2. The van der Waals surface area contributed by atoms with Crippen molar-refractivity contribution in [1.29, 1.82) is 0 Å². The van der Waals surface area contributed by atoms with Gasteiger partial charge in [-0.3, -0.25) is 4.79 Å². The molecule has 1 aliphatic heterocycles. The molecule has 4 heteroatoms. The van der Waals surface area contributed by atoms with Gasteiger partial charge in [-0.2, -0.15) is 0 Å². The zero-order valence-corrected chi connectivity index (χ0v) is 13.0. The molecule has 2 fully saturated rings. The lowest BCUT2D eigenvalue weighted by Crippen LogP contribution is -2.42. The SMILES string of the molecule is CCCC1(CNC(=O)CCC2CCNC2)CCC1.Cl. The quantitative estimate of drug-likeness (QED) is 0.756. The maximum atomic E-state index is 11.9. The number of carbonyl (C=O) groups is 1. The first-order chi connectivity index (χ1) is 8.74. The minimum absolute atomic E-state index is 0. The van der Waals surface area contributed by atoms with E-state index in [0.29, 0.717) is 11.8 Å². The molecule has 2 N–H and O–H groups in total. The molecular formula is C15H29ClN2O. The van der Waals surface area contributed by atoms with Crippen LogP contribution in [0.25, 0.3) is 0 Å². The minimum Gasteiger partial charge on any atom is -0.356 e. The summed E-state index contributed by atoms with van der Waals surface area (Å²) in [5.74, 6) is 0.994. The highest BCUT2D eigenvalue weighted by atomic mass is 35.5. The Morgan fingerprint density at radius 2 is 2.21 bits per heavy atom. The summed E-state index contributed by atoms with van der Waals surface area (Å²) in [7, 11) is 0. The van der Waals surface area contributed by atoms with Crippen molar-refractivity contribution < 1.29 is 4.79 Å². The second kappa shape index (κ2) is 8.11. The fourth-order valence-electron chi connectivity index (χ4n) is 3.39. The van der Waals surface area contributed by atoms with E-state index in [1.807, 2.05) is 0 Å². The highest BCUT2D eigenvalue weighted by Gasteiger charge is 2.35. The number of hydrogen-bond acceptors (Lipinski definition) is 2. The van der Waals surface area contributed by atoms with Crippen molar-refractivity contribution in [1.82, 2.24) is 10.6 Å². The van der Waals surface area contributed by atoms with E-state index in [2.05, 4.69) is 17.6 Å². The van der Waals surface area contributed by atoms with Gasteiger partial charge < -0.3 is 10.6 Å². The van der Waals surface area contributed by atoms with Crippen LogP contribution in [0.5, 0.6) is 0 Å². The Balaban J connectivity index is 0.00000180. The van der Waals surface area contributed by atoms with Crippen LogP contribution in [-0.2, 0) is 4.79 Å². The summed E-state index contributed by atoms with van der Waals surface area (Å²) in [4.78, 5) is 11.9.